The molecule has 0 atom stereocenters. The molecular weight excluding hydrogens is 486 g/mol. The number of rotatable bonds is 6. The number of halogens is 5. The molecule has 2 aliphatic rings. The lowest BCUT2D eigenvalue weighted by molar-refractivity contribution is -0.137. The summed E-state index contributed by atoms with van der Waals surface area (Å²) in [7, 11) is 0. The zero-order valence-corrected chi connectivity index (χ0v) is 19.4. The fourth-order valence-corrected chi connectivity index (χ4v) is 4.12. The van der Waals surface area contributed by atoms with E-state index in [-0.39, 0.29) is 16.9 Å². The highest BCUT2D eigenvalue weighted by atomic mass is 35.5. The van der Waals surface area contributed by atoms with Crippen LogP contribution in [0.3, 0.4) is 0 Å². The molecule has 1 saturated carbocycles. The summed E-state index contributed by atoms with van der Waals surface area (Å²) in [6.07, 6.45) is -0.900. The SMILES string of the molecule is Fc1ccc(-c2cc(N3CCN(c4ncccc4C(F)(F)F)CC3)nc(OCC3CC3)n2)cc1Cl. The minimum atomic E-state index is -4.48. The second-order valence-electron chi connectivity index (χ2n) is 8.62. The molecule has 6 nitrogen and oxygen atoms in total. The summed E-state index contributed by atoms with van der Waals surface area (Å²) in [6.45, 7) is 2.04. The lowest BCUT2D eigenvalue weighted by Gasteiger charge is -2.37. The molecule has 11 heteroatoms. The van der Waals surface area contributed by atoms with Gasteiger partial charge in [-0.3, -0.25) is 0 Å². The predicted molar refractivity (Wildman–Crippen MR) is 124 cm³/mol. The van der Waals surface area contributed by atoms with Gasteiger partial charge in [-0.2, -0.15) is 23.1 Å². The topological polar surface area (TPSA) is 54.4 Å². The minimum absolute atomic E-state index is 0.0208. The van der Waals surface area contributed by atoms with Crippen molar-refractivity contribution in [1.82, 2.24) is 15.0 Å². The van der Waals surface area contributed by atoms with Crippen LogP contribution in [0.15, 0.2) is 42.6 Å². The zero-order valence-electron chi connectivity index (χ0n) is 18.6. The van der Waals surface area contributed by atoms with Crippen molar-refractivity contribution in [2.24, 2.45) is 5.92 Å². The van der Waals surface area contributed by atoms with E-state index in [1.54, 1.807) is 17.0 Å². The van der Waals surface area contributed by atoms with Crippen LogP contribution in [0.25, 0.3) is 11.3 Å². The van der Waals surface area contributed by atoms with Crippen molar-refractivity contribution in [1.29, 1.82) is 0 Å². The third-order valence-electron chi connectivity index (χ3n) is 6.05. The highest BCUT2D eigenvalue weighted by molar-refractivity contribution is 6.31. The van der Waals surface area contributed by atoms with E-state index in [1.807, 2.05) is 4.90 Å². The van der Waals surface area contributed by atoms with Crippen molar-refractivity contribution in [2.45, 2.75) is 19.0 Å². The van der Waals surface area contributed by atoms with Crippen LogP contribution >= 0.6 is 11.6 Å². The fourth-order valence-electron chi connectivity index (χ4n) is 3.94. The monoisotopic (exact) mass is 507 g/mol. The second-order valence-corrected chi connectivity index (χ2v) is 9.03. The Morgan fingerprint density at radius 2 is 1.74 bits per heavy atom. The maximum atomic E-state index is 13.7. The zero-order chi connectivity index (χ0) is 24.6. The third-order valence-corrected chi connectivity index (χ3v) is 6.34. The molecule has 0 N–H and O–H groups in total. The standard InChI is InChI=1S/C24H22ClF4N5O/c25-18-12-16(5-6-19(18)26)20-13-21(32-23(31-20)35-14-15-3-4-15)33-8-10-34(11-9-33)22-17(24(27,28)29)2-1-7-30-22/h1-2,5-7,12-13,15H,3-4,8-11,14H2. The molecule has 5 rings (SSSR count). The molecule has 3 aromatic rings. The number of anilines is 2. The van der Waals surface area contributed by atoms with Crippen LogP contribution in [0.2, 0.25) is 5.02 Å². The summed E-state index contributed by atoms with van der Waals surface area (Å²) >= 11 is 5.97. The molecule has 1 aromatic carbocycles. The lowest BCUT2D eigenvalue weighted by atomic mass is 10.1. The summed E-state index contributed by atoms with van der Waals surface area (Å²) < 4.78 is 59.8. The highest BCUT2D eigenvalue weighted by Crippen LogP contribution is 2.36. The van der Waals surface area contributed by atoms with E-state index in [4.69, 9.17) is 16.3 Å². The Morgan fingerprint density at radius 3 is 2.43 bits per heavy atom. The van der Waals surface area contributed by atoms with E-state index in [9.17, 15) is 17.6 Å². The van der Waals surface area contributed by atoms with Gasteiger partial charge in [-0.05, 0) is 49.1 Å². The Bertz CT molecular complexity index is 1210. The number of benzene rings is 1. The third kappa shape index (κ3) is 5.42. The Kier molecular flexibility index (Phi) is 6.39. The molecule has 1 aliphatic carbocycles. The van der Waals surface area contributed by atoms with Crippen LogP contribution in [0.5, 0.6) is 6.01 Å². The maximum Gasteiger partial charge on any atom is 0.419 e. The largest absolute Gasteiger partial charge is 0.463 e. The maximum absolute atomic E-state index is 13.7. The number of aromatic nitrogens is 3. The van der Waals surface area contributed by atoms with Gasteiger partial charge in [0, 0.05) is 44.0 Å². The number of pyridine rings is 1. The van der Waals surface area contributed by atoms with E-state index >= 15 is 0 Å². The van der Waals surface area contributed by atoms with Gasteiger partial charge in [0.1, 0.15) is 17.5 Å². The van der Waals surface area contributed by atoms with Crippen LogP contribution < -0.4 is 14.5 Å². The number of alkyl halides is 3. The normalized spacial score (nSPS) is 16.5. The van der Waals surface area contributed by atoms with Crippen molar-refractivity contribution in [3.63, 3.8) is 0 Å². The summed E-state index contributed by atoms with van der Waals surface area (Å²) in [4.78, 5) is 16.6. The number of hydrogen-bond acceptors (Lipinski definition) is 6. The first-order chi connectivity index (χ1) is 16.8. The van der Waals surface area contributed by atoms with E-state index in [0.29, 0.717) is 55.8 Å². The molecule has 1 saturated heterocycles. The van der Waals surface area contributed by atoms with Crippen molar-refractivity contribution >= 4 is 23.2 Å². The summed E-state index contributed by atoms with van der Waals surface area (Å²) in [5, 5.41) is -0.0208. The van der Waals surface area contributed by atoms with Crippen molar-refractivity contribution in [2.75, 3.05) is 42.6 Å². The van der Waals surface area contributed by atoms with Gasteiger partial charge >= 0.3 is 12.2 Å². The summed E-state index contributed by atoms with van der Waals surface area (Å²) in [5.74, 6) is 0.477. The van der Waals surface area contributed by atoms with Gasteiger partial charge in [-0.15, -0.1) is 0 Å². The van der Waals surface area contributed by atoms with Crippen molar-refractivity contribution in [3.05, 3.63) is 59.0 Å². The molecule has 2 fully saturated rings. The number of piperazine rings is 1. The smallest absolute Gasteiger partial charge is 0.419 e. The molecule has 0 amide bonds. The number of ether oxygens (including phenoxy) is 1. The van der Waals surface area contributed by atoms with E-state index < -0.39 is 17.6 Å². The first-order valence-corrected chi connectivity index (χ1v) is 11.6. The fraction of sp³-hybridized carbons (Fsp3) is 0.375. The van der Waals surface area contributed by atoms with E-state index in [1.165, 1.54) is 24.4 Å². The van der Waals surface area contributed by atoms with Crippen LogP contribution in [0.1, 0.15) is 18.4 Å². The Labute approximate surface area is 204 Å². The van der Waals surface area contributed by atoms with Gasteiger partial charge < -0.3 is 14.5 Å². The summed E-state index contributed by atoms with van der Waals surface area (Å²) in [6, 6.07) is 8.63. The average molecular weight is 508 g/mol. The Morgan fingerprint density at radius 1 is 1.00 bits per heavy atom. The van der Waals surface area contributed by atoms with Crippen LogP contribution in [-0.2, 0) is 6.18 Å². The van der Waals surface area contributed by atoms with Crippen LogP contribution in [0.4, 0.5) is 29.2 Å². The van der Waals surface area contributed by atoms with E-state index in [0.717, 1.165) is 18.9 Å². The molecule has 0 bridgehead atoms. The molecular formula is C24H22ClF4N5O. The van der Waals surface area contributed by atoms with Gasteiger partial charge in [-0.25, -0.2) is 9.37 Å². The number of nitrogens with zero attached hydrogens (tertiary/aromatic N) is 5. The molecule has 3 heterocycles. The molecule has 0 radical (unpaired) electrons. The minimum Gasteiger partial charge on any atom is -0.463 e. The van der Waals surface area contributed by atoms with Gasteiger partial charge in [0.2, 0.25) is 0 Å². The van der Waals surface area contributed by atoms with Gasteiger partial charge in [0.05, 0.1) is 22.9 Å². The molecule has 0 spiro atoms. The van der Waals surface area contributed by atoms with Gasteiger partial charge in [-0.1, -0.05) is 11.6 Å². The highest BCUT2D eigenvalue weighted by Gasteiger charge is 2.36. The quantitative estimate of drug-likeness (QED) is 0.413. The first kappa shape index (κ1) is 23.6. The molecule has 184 valence electrons. The van der Waals surface area contributed by atoms with Gasteiger partial charge in [0.15, 0.2) is 0 Å². The molecule has 1 aliphatic heterocycles. The number of hydrogen-bond donors (Lipinski definition) is 0. The lowest BCUT2D eigenvalue weighted by Crippen LogP contribution is -2.47. The molecule has 35 heavy (non-hydrogen) atoms. The van der Waals surface area contributed by atoms with Crippen molar-refractivity contribution in [3.8, 4) is 17.3 Å². The Balaban J connectivity index is 1.38. The second kappa shape index (κ2) is 9.49. The van der Waals surface area contributed by atoms with Crippen LogP contribution in [0, 0.1) is 11.7 Å². The first-order valence-electron chi connectivity index (χ1n) is 11.3. The Hall–Kier alpha value is -3.14. The average Bonchev–Trinajstić information content (AvgIpc) is 3.68. The summed E-state index contributed by atoms with van der Waals surface area (Å²) in [5.41, 5.74) is 0.384. The molecule has 0 unspecified atom stereocenters. The van der Waals surface area contributed by atoms with Crippen LogP contribution in [-0.4, -0.2) is 47.7 Å². The van der Waals surface area contributed by atoms with E-state index in [2.05, 4.69) is 15.0 Å². The predicted octanol–water partition coefficient (Wildman–Crippen LogP) is 5.47. The van der Waals surface area contributed by atoms with Gasteiger partial charge in [0.25, 0.3) is 0 Å². The van der Waals surface area contributed by atoms with Crippen molar-refractivity contribution < 1.29 is 22.3 Å². The molecule has 2 aromatic heterocycles.